The summed E-state index contributed by atoms with van der Waals surface area (Å²) in [7, 11) is 0. The molecule has 0 bridgehead atoms. The molecule has 1 fully saturated rings. The summed E-state index contributed by atoms with van der Waals surface area (Å²) in [6, 6.07) is 7.00. The molecule has 5 nitrogen and oxygen atoms in total. The van der Waals surface area contributed by atoms with Crippen molar-refractivity contribution < 1.29 is 9.66 Å². The maximum atomic E-state index is 11.0. The topological polar surface area (TPSA) is 55.6 Å². The molecule has 0 radical (unpaired) electrons. The van der Waals surface area contributed by atoms with Crippen LogP contribution in [0.4, 0.5) is 5.69 Å². The Morgan fingerprint density at radius 2 is 2.00 bits per heavy atom. The van der Waals surface area contributed by atoms with Gasteiger partial charge in [-0.1, -0.05) is 18.2 Å². The average molecular weight is 236 g/mol. The largest absolute Gasteiger partial charge is 0.379 e. The standard InChI is InChI=1S/C12H16N2O3/c1-10(13-6-8-17-9-7-13)11-4-2-3-5-12(11)14(15)16/h2-5,10H,6-9H2,1H3. The van der Waals surface area contributed by atoms with Gasteiger partial charge in [0.25, 0.3) is 5.69 Å². The Morgan fingerprint density at radius 1 is 1.35 bits per heavy atom. The molecule has 2 rings (SSSR count). The molecule has 1 aromatic rings. The highest BCUT2D eigenvalue weighted by Gasteiger charge is 2.24. The van der Waals surface area contributed by atoms with E-state index in [-0.39, 0.29) is 16.7 Å². The lowest BCUT2D eigenvalue weighted by Crippen LogP contribution is -2.38. The summed E-state index contributed by atoms with van der Waals surface area (Å²) in [5.41, 5.74) is 0.978. The first-order chi connectivity index (χ1) is 8.20. The first-order valence-corrected chi connectivity index (χ1v) is 5.75. The fourth-order valence-electron chi connectivity index (χ4n) is 2.17. The van der Waals surface area contributed by atoms with Gasteiger partial charge in [-0.3, -0.25) is 15.0 Å². The minimum absolute atomic E-state index is 0.0560. The van der Waals surface area contributed by atoms with Crippen LogP contribution in [0.5, 0.6) is 0 Å². The van der Waals surface area contributed by atoms with Crippen molar-refractivity contribution in [2.24, 2.45) is 0 Å². The second kappa shape index (κ2) is 5.25. The van der Waals surface area contributed by atoms with Crippen LogP contribution in [0.15, 0.2) is 24.3 Å². The van der Waals surface area contributed by atoms with Crippen LogP contribution in [0, 0.1) is 10.1 Å². The quantitative estimate of drug-likeness (QED) is 0.595. The molecule has 0 aromatic heterocycles. The van der Waals surface area contributed by atoms with E-state index in [4.69, 9.17) is 4.74 Å². The highest BCUT2D eigenvalue weighted by Crippen LogP contribution is 2.28. The van der Waals surface area contributed by atoms with E-state index in [2.05, 4.69) is 4.90 Å². The molecule has 1 unspecified atom stereocenters. The minimum atomic E-state index is -0.313. The fourth-order valence-corrected chi connectivity index (χ4v) is 2.17. The normalized spacial score (nSPS) is 18.9. The molecule has 1 saturated heterocycles. The molecular weight excluding hydrogens is 220 g/mol. The van der Waals surface area contributed by atoms with Crippen molar-refractivity contribution in [2.45, 2.75) is 13.0 Å². The molecule has 5 heteroatoms. The zero-order valence-corrected chi connectivity index (χ0v) is 9.83. The van der Waals surface area contributed by atoms with E-state index in [1.165, 1.54) is 0 Å². The number of hydrogen-bond donors (Lipinski definition) is 0. The molecule has 1 atom stereocenters. The third-order valence-corrected chi connectivity index (χ3v) is 3.18. The minimum Gasteiger partial charge on any atom is -0.379 e. The first-order valence-electron chi connectivity index (χ1n) is 5.75. The van der Waals surface area contributed by atoms with Gasteiger partial charge in [0.2, 0.25) is 0 Å². The molecule has 1 aromatic carbocycles. The van der Waals surface area contributed by atoms with Crippen molar-refractivity contribution in [3.05, 3.63) is 39.9 Å². The molecule has 0 N–H and O–H groups in total. The summed E-state index contributed by atoms with van der Waals surface area (Å²) in [5, 5.41) is 11.0. The Hall–Kier alpha value is -1.46. The van der Waals surface area contributed by atoms with E-state index in [9.17, 15) is 10.1 Å². The average Bonchev–Trinajstić information content (AvgIpc) is 2.39. The summed E-state index contributed by atoms with van der Waals surface area (Å²) in [6.45, 7) is 5.06. The maximum absolute atomic E-state index is 11.0. The second-order valence-corrected chi connectivity index (χ2v) is 4.14. The molecule has 0 amide bonds. The van der Waals surface area contributed by atoms with Crippen molar-refractivity contribution in [1.82, 2.24) is 4.90 Å². The number of nitro benzene ring substituents is 1. The number of nitrogens with zero attached hydrogens (tertiary/aromatic N) is 2. The third-order valence-electron chi connectivity index (χ3n) is 3.18. The number of ether oxygens (including phenoxy) is 1. The van der Waals surface area contributed by atoms with E-state index in [0.29, 0.717) is 13.2 Å². The Labute approximate surface area is 100 Å². The molecule has 1 aliphatic rings. The highest BCUT2D eigenvalue weighted by molar-refractivity contribution is 5.41. The molecule has 0 saturated carbocycles. The second-order valence-electron chi connectivity index (χ2n) is 4.14. The van der Waals surface area contributed by atoms with Crippen molar-refractivity contribution >= 4 is 5.69 Å². The molecule has 1 aliphatic heterocycles. The number of morpholine rings is 1. The van der Waals surface area contributed by atoms with Crippen LogP contribution in [0.3, 0.4) is 0 Å². The molecular formula is C12H16N2O3. The number of para-hydroxylation sites is 1. The number of hydrogen-bond acceptors (Lipinski definition) is 4. The summed E-state index contributed by atoms with van der Waals surface area (Å²) < 4.78 is 5.29. The van der Waals surface area contributed by atoms with E-state index in [1.807, 2.05) is 19.1 Å². The van der Waals surface area contributed by atoms with Crippen LogP contribution < -0.4 is 0 Å². The smallest absolute Gasteiger partial charge is 0.274 e. The molecule has 0 spiro atoms. The summed E-state index contributed by atoms with van der Waals surface area (Å²) in [6.07, 6.45) is 0. The zero-order valence-electron chi connectivity index (χ0n) is 9.83. The Bertz CT molecular complexity index is 402. The Balaban J connectivity index is 2.23. The monoisotopic (exact) mass is 236 g/mol. The van der Waals surface area contributed by atoms with Crippen LogP contribution in [0.1, 0.15) is 18.5 Å². The molecule has 1 heterocycles. The van der Waals surface area contributed by atoms with Crippen LogP contribution in [0.2, 0.25) is 0 Å². The summed E-state index contributed by atoms with van der Waals surface area (Å²) in [5.74, 6) is 0. The predicted octanol–water partition coefficient (Wildman–Crippen LogP) is 1.99. The highest BCUT2D eigenvalue weighted by atomic mass is 16.6. The van der Waals surface area contributed by atoms with Gasteiger partial charge in [0.05, 0.1) is 18.1 Å². The van der Waals surface area contributed by atoms with Crippen LogP contribution in [0.25, 0.3) is 0 Å². The van der Waals surface area contributed by atoms with Crippen LogP contribution in [-0.4, -0.2) is 36.1 Å². The van der Waals surface area contributed by atoms with Gasteiger partial charge in [-0.05, 0) is 6.92 Å². The predicted molar refractivity (Wildman–Crippen MR) is 63.9 cm³/mol. The van der Waals surface area contributed by atoms with E-state index < -0.39 is 0 Å². The summed E-state index contributed by atoms with van der Waals surface area (Å²) in [4.78, 5) is 12.9. The van der Waals surface area contributed by atoms with E-state index in [1.54, 1.807) is 12.1 Å². The lowest BCUT2D eigenvalue weighted by molar-refractivity contribution is -0.386. The lowest BCUT2D eigenvalue weighted by Gasteiger charge is -2.32. The van der Waals surface area contributed by atoms with Crippen LogP contribution >= 0.6 is 0 Å². The van der Waals surface area contributed by atoms with Gasteiger partial charge in [-0.2, -0.15) is 0 Å². The fraction of sp³-hybridized carbons (Fsp3) is 0.500. The Kier molecular flexibility index (Phi) is 3.71. The van der Waals surface area contributed by atoms with E-state index >= 15 is 0 Å². The summed E-state index contributed by atoms with van der Waals surface area (Å²) >= 11 is 0. The lowest BCUT2D eigenvalue weighted by atomic mass is 10.0. The van der Waals surface area contributed by atoms with Gasteiger partial charge in [-0.25, -0.2) is 0 Å². The van der Waals surface area contributed by atoms with Gasteiger partial charge in [0, 0.05) is 30.8 Å². The van der Waals surface area contributed by atoms with Gasteiger partial charge < -0.3 is 4.74 Å². The van der Waals surface area contributed by atoms with Crippen molar-refractivity contribution in [1.29, 1.82) is 0 Å². The third kappa shape index (κ3) is 2.62. The number of benzene rings is 1. The van der Waals surface area contributed by atoms with Crippen molar-refractivity contribution in [3.8, 4) is 0 Å². The number of rotatable bonds is 3. The number of nitro groups is 1. The zero-order chi connectivity index (χ0) is 12.3. The van der Waals surface area contributed by atoms with Crippen LogP contribution in [-0.2, 0) is 4.74 Å². The van der Waals surface area contributed by atoms with Gasteiger partial charge in [-0.15, -0.1) is 0 Å². The van der Waals surface area contributed by atoms with Crippen molar-refractivity contribution in [2.75, 3.05) is 26.3 Å². The van der Waals surface area contributed by atoms with Gasteiger partial charge in [0.1, 0.15) is 0 Å². The maximum Gasteiger partial charge on any atom is 0.274 e. The van der Waals surface area contributed by atoms with Gasteiger partial charge >= 0.3 is 0 Å². The SMILES string of the molecule is CC(c1ccccc1[N+](=O)[O-])N1CCOCC1. The van der Waals surface area contributed by atoms with Gasteiger partial charge in [0.15, 0.2) is 0 Å². The molecule has 0 aliphatic carbocycles. The molecule has 17 heavy (non-hydrogen) atoms. The van der Waals surface area contributed by atoms with Crippen molar-refractivity contribution in [3.63, 3.8) is 0 Å². The first kappa shape index (κ1) is 12.0. The molecule has 92 valence electrons. The Morgan fingerprint density at radius 3 is 2.65 bits per heavy atom. The van der Waals surface area contributed by atoms with E-state index in [0.717, 1.165) is 18.7 Å².